The van der Waals surface area contributed by atoms with Gasteiger partial charge in [-0.15, -0.1) is 0 Å². The zero-order valence-electron chi connectivity index (χ0n) is 45.5. The molecule has 3 N–H and O–H groups in total. The van der Waals surface area contributed by atoms with E-state index in [1.807, 2.05) is 6.08 Å². The number of amides is 1. The molecule has 0 aliphatic heterocycles. The number of carbonyl (C=O) groups excluding carboxylic acids is 1. The van der Waals surface area contributed by atoms with Gasteiger partial charge in [0.2, 0.25) is 5.91 Å². The van der Waals surface area contributed by atoms with E-state index in [1.54, 1.807) is 6.08 Å². The lowest BCUT2D eigenvalue weighted by atomic mass is 10.0. The van der Waals surface area contributed by atoms with Gasteiger partial charge >= 0.3 is 0 Å². The van der Waals surface area contributed by atoms with Crippen LogP contribution in [-0.4, -0.2) is 34.9 Å². The van der Waals surface area contributed by atoms with Crippen molar-refractivity contribution in [1.82, 2.24) is 5.32 Å². The average Bonchev–Trinajstić information content (AvgIpc) is 3.35. The van der Waals surface area contributed by atoms with Crippen LogP contribution in [0, 0.1) is 0 Å². The van der Waals surface area contributed by atoms with Gasteiger partial charge in [0.15, 0.2) is 0 Å². The van der Waals surface area contributed by atoms with Crippen molar-refractivity contribution in [2.75, 3.05) is 6.61 Å². The van der Waals surface area contributed by atoms with Crippen LogP contribution in [0.1, 0.15) is 277 Å². The van der Waals surface area contributed by atoms with E-state index in [-0.39, 0.29) is 12.5 Å². The Hall–Kier alpha value is -2.95. The first-order valence-electron chi connectivity index (χ1n) is 29.6. The molecule has 0 fully saturated rings. The molecule has 0 aliphatic rings. The third-order valence-corrected chi connectivity index (χ3v) is 13.0. The van der Waals surface area contributed by atoms with Crippen LogP contribution in [0.25, 0.3) is 0 Å². The van der Waals surface area contributed by atoms with Gasteiger partial charge in [0, 0.05) is 6.42 Å². The van der Waals surface area contributed by atoms with Crippen molar-refractivity contribution in [3.63, 3.8) is 0 Å². The zero-order chi connectivity index (χ0) is 49.9. The number of aliphatic hydroxyl groups excluding tert-OH is 2. The maximum atomic E-state index is 12.5. The molecule has 0 aromatic heterocycles. The van der Waals surface area contributed by atoms with Crippen molar-refractivity contribution in [2.45, 2.75) is 289 Å². The first kappa shape index (κ1) is 66.0. The summed E-state index contributed by atoms with van der Waals surface area (Å²) in [5.41, 5.74) is 0. The zero-order valence-corrected chi connectivity index (χ0v) is 45.5. The fraction of sp³-hybridized carbons (Fsp3) is 0.708. The molecule has 0 heterocycles. The van der Waals surface area contributed by atoms with Crippen molar-refractivity contribution >= 4 is 5.91 Å². The summed E-state index contributed by atoms with van der Waals surface area (Å²) < 4.78 is 0. The molecule has 0 radical (unpaired) electrons. The highest BCUT2D eigenvalue weighted by Crippen LogP contribution is 2.16. The van der Waals surface area contributed by atoms with E-state index in [1.165, 1.54) is 180 Å². The number of unbranched alkanes of at least 4 members (excludes halogenated alkanes) is 30. The van der Waals surface area contributed by atoms with Gasteiger partial charge in [0.1, 0.15) is 0 Å². The molecule has 0 aliphatic carbocycles. The number of nitrogens with one attached hydrogen (secondary N) is 1. The van der Waals surface area contributed by atoms with Crippen LogP contribution < -0.4 is 5.32 Å². The minimum absolute atomic E-state index is 0.0792. The van der Waals surface area contributed by atoms with Gasteiger partial charge < -0.3 is 15.5 Å². The topological polar surface area (TPSA) is 69.6 Å². The van der Waals surface area contributed by atoms with Crippen molar-refractivity contribution in [3.05, 3.63) is 109 Å². The third kappa shape index (κ3) is 55.8. The molecule has 0 spiro atoms. The van der Waals surface area contributed by atoms with Crippen LogP contribution in [0.5, 0.6) is 0 Å². The lowest BCUT2D eigenvalue weighted by molar-refractivity contribution is -0.123. The van der Waals surface area contributed by atoms with Gasteiger partial charge in [-0.1, -0.05) is 284 Å². The molecule has 4 nitrogen and oxygen atoms in total. The van der Waals surface area contributed by atoms with Crippen LogP contribution in [-0.2, 0) is 4.79 Å². The quantitative estimate of drug-likeness (QED) is 0.0420. The van der Waals surface area contributed by atoms with Gasteiger partial charge in [-0.25, -0.2) is 0 Å². The minimum Gasteiger partial charge on any atom is -0.394 e. The minimum atomic E-state index is -0.876. The molecule has 0 rings (SSSR count). The molecule has 1 amide bonds. The normalized spacial score (nSPS) is 13.6. The second-order valence-electron chi connectivity index (χ2n) is 19.7. The summed E-state index contributed by atoms with van der Waals surface area (Å²) in [5, 5.41) is 23.2. The summed E-state index contributed by atoms with van der Waals surface area (Å²) in [6.07, 6.45) is 89.7. The van der Waals surface area contributed by atoms with E-state index in [2.05, 4.69) is 116 Å². The van der Waals surface area contributed by atoms with Gasteiger partial charge in [-0.3, -0.25) is 4.79 Å². The maximum absolute atomic E-state index is 12.5. The standard InChI is InChI=1S/C65H113NO3/c1-3-5-7-9-11-13-15-17-19-21-23-25-27-28-29-30-31-32-33-34-35-36-37-38-39-41-43-45-47-49-51-53-55-57-59-61-65(69)66-63(62-67)64(68)60-58-56-54-52-50-48-46-44-42-40-26-24-22-20-18-16-14-12-10-8-6-4-2/h5,7,11,13,17,19,23,25,28-29,31-32,42,44,50,52,58,60,63-64,67-68H,3-4,6,8-10,12,14-16,18,20-22,24,26-27,30,33-41,43,45-49,51,53-57,59,61-62H2,1-2H3,(H,66,69)/b7-5-,13-11-,19-17-,25-23-,29-28-,32-31-,44-42+,52-50+,60-58+. The molecule has 0 aromatic carbocycles. The second-order valence-corrected chi connectivity index (χ2v) is 19.7. The highest BCUT2D eigenvalue weighted by molar-refractivity contribution is 5.76. The monoisotopic (exact) mass is 956 g/mol. The van der Waals surface area contributed by atoms with Gasteiger partial charge in [-0.05, 0) is 96.3 Å². The van der Waals surface area contributed by atoms with Gasteiger partial charge in [0.05, 0.1) is 18.8 Å². The Labute approximate surface area is 429 Å². The van der Waals surface area contributed by atoms with E-state index in [0.29, 0.717) is 6.42 Å². The van der Waals surface area contributed by atoms with Crippen LogP contribution in [0.15, 0.2) is 109 Å². The van der Waals surface area contributed by atoms with E-state index in [9.17, 15) is 15.0 Å². The molecule has 4 heteroatoms. The maximum Gasteiger partial charge on any atom is 0.220 e. The SMILES string of the molecule is CC/C=C\C/C=C\C/C=C\C/C=C\C/C=C\C/C=C\CCCCCCCCCCCCCCCCCCC(=O)NC(CO)C(O)/C=C/CC/C=C/CC/C=C/CCCCCCCCCCCCCC. The Morgan fingerprint density at radius 2 is 0.652 bits per heavy atom. The molecule has 0 bridgehead atoms. The number of carbonyl (C=O) groups is 1. The first-order valence-corrected chi connectivity index (χ1v) is 29.6. The van der Waals surface area contributed by atoms with E-state index < -0.39 is 12.1 Å². The smallest absolute Gasteiger partial charge is 0.220 e. The van der Waals surface area contributed by atoms with Crippen molar-refractivity contribution in [2.24, 2.45) is 0 Å². The molecule has 0 saturated heterocycles. The van der Waals surface area contributed by atoms with E-state index in [0.717, 1.165) is 77.0 Å². The lowest BCUT2D eigenvalue weighted by Crippen LogP contribution is -2.45. The summed E-state index contributed by atoms with van der Waals surface area (Å²) in [4.78, 5) is 12.5. The van der Waals surface area contributed by atoms with Gasteiger partial charge in [0.25, 0.3) is 0 Å². The molecule has 2 unspecified atom stereocenters. The fourth-order valence-corrected chi connectivity index (χ4v) is 8.51. The third-order valence-electron chi connectivity index (χ3n) is 13.0. The summed E-state index contributed by atoms with van der Waals surface area (Å²) in [6.45, 7) is 4.19. The Balaban J connectivity index is 3.56. The van der Waals surface area contributed by atoms with Gasteiger partial charge in [-0.2, -0.15) is 0 Å². The van der Waals surface area contributed by atoms with Crippen LogP contribution in [0.4, 0.5) is 0 Å². The molecule has 0 aromatic rings. The Bertz CT molecular complexity index is 1310. The second kappa shape index (κ2) is 59.4. The predicted octanol–water partition coefficient (Wildman–Crippen LogP) is 19.9. The molecule has 396 valence electrons. The largest absolute Gasteiger partial charge is 0.394 e. The van der Waals surface area contributed by atoms with E-state index in [4.69, 9.17) is 0 Å². The number of hydrogen-bond donors (Lipinski definition) is 3. The fourth-order valence-electron chi connectivity index (χ4n) is 8.51. The average molecular weight is 957 g/mol. The molecular weight excluding hydrogens is 843 g/mol. The number of aliphatic hydroxyl groups is 2. The van der Waals surface area contributed by atoms with Crippen LogP contribution >= 0.6 is 0 Å². The van der Waals surface area contributed by atoms with Crippen molar-refractivity contribution < 1.29 is 15.0 Å². The van der Waals surface area contributed by atoms with E-state index >= 15 is 0 Å². The molecule has 0 saturated carbocycles. The van der Waals surface area contributed by atoms with Crippen LogP contribution in [0.2, 0.25) is 0 Å². The Kier molecular flexibility index (Phi) is 56.8. The summed E-state index contributed by atoms with van der Waals surface area (Å²) in [6, 6.07) is -0.652. The molecular formula is C65H113NO3. The predicted molar refractivity (Wildman–Crippen MR) is 308 cm³/mol. The summed E-state index contributed by atoms with van der Waals surface area (Å²) in [5.74, 6) is -0.0792. The number of rotatable bonds is 53. The first-order chi connectivity index (χ1) is 34.2. The van der Waals surface area contributed by atoms with Crippen molar-refractivity contribution in [1.29, 1.82) is 0 Å². The number of hydrogen-bond acceptors (Lipinski definition) is 3. The summed E-state index contributed by atoms with van der Waals surface area (Å²) >= 11 is 0. The van der Waals surface area contributed by atoms with Crippen molar-refractivity contribution in [3.8, 4) is 0 Å². The molecule has 69 heavy (non-hydrogen) atoms. The Morgan fingerprint density at radius 3 is 1.01 bits per heavy atom. The highest BCUT2D eigenvalue weighted by Gasteiger charge is 2.18. The highest BCUT2D eigenvalue weighted by atomic mass is 16.3. The summed E-state index contributed by atoms with van der Waals surface area (Å²) in [7, 11) is 0. The Morgan fingerprint density at radius 1 is 0.362 bits per heavy atom. The molecule has 2 atom stereocenters. The van der Waals surface area contributed by atoms with Crippen LogP contribution in [0.3, 0.4) is 0 Å². The lowest BCUT2D eigenvalue weighted by Gasteiger charge is -2.19. The number of allylic oxidation sites excluding steroid dienone is 17.